The smallest absolute Gasteiger partial charge is 0.334 e. The van der Waals surface area contributed by atoms with Gasteiger partial charge in [-0.15, -0.1) is 0 Å². The van der Waals surface area contributed by atoms with E-state index in [-0.39, 0.29) is 29.9 Å². The molecule has 0 radical (unpaired) electrons. The number of esters is 2. The molecular formula is C17H24O5. The molecule has 22 heavy (non-hydrogen) atoms. The SMILES string of the molecule is C=C1C(=O)O[C@H]2C=C([C@H](C[C@@H](C)O)OC(C)=O)[C@@H](C)CC[C@@H]12. The lowest BCUT2D eigenvalue weighted by Gasteiger charge is -2.25. The quantitative estimate of drug-likeness (QED) is 0.489. The van der Waals surface area contributed by atoms with E-state index >= 15 is 0 Å². The summed E-state index contributed by atoms with van der Waals surface area (Å²) in [4.78, 5) is 23.1. The van der Waals surface area contributed by atoms with Gasteiger partial charge in [-0.05, 0) is 37.3 Å². The Morgan fingerprint density at radius 3 is 2.82 bits per heavy atom. The number of hydrogen-bond donors (Lipinski definition) is 1. The zero-order valence-electron chi connectivity index (χ0n) is 13.4. The van der Waals surface area contributed by atoms with Crippen LogP contribution in [0.4, 0.5) is 0 Å². The van der Waals surface area contributed by atoms with Gasteiger partial charge in [0.1, 0.15) is 12.2 Å². The van der Waals surface area contributed by atoms with Crippen LogP contribution in [0.15, 0.2) is 23.8 Å². The molecule has 1 saturated heterocycles. The Labute approximate surface area is 131 Å². The van der Waals surface area contributed by atoms with E-state index in [1.807, 2.05) is 6.08 Å². The van der Waals surface area contributed by atoms with Crippen molar-refractivity contribution in [3.8, 4) is 0 Å². The van der Waals surface area contributed by atoms with Gasteiger partial charge in [-0.2, -0.15) is 0 Å². The minimum absolute atomic E-state index is 0.00280. The lowest BCUT2D eigenvalue weighted by molar-refractivity contribution is -0.146. The monoisotopic (exact) mass is 308 g/mol. The molecule has 0 unspecified atom stereocenters. The summed E-state index contributed by atoms with van der Waals surface area (Å²) in [5.74, 6) is -0.538. The number of aliphatic hydroxyl groups excluding tert-OH is 1. The fourth-order valence-corrected chi connectivity index (χ4v) is 3.26. The molecule has 1 N–H and O–H groups in total. The third-order valence-electron chi connectivity index (χ3n) is 4.42. The van der Waals surface area contributed by atoms with Crippen molar-refractivity contribution in [2.45, 2.75) is 58.3 Å². The predicted octanol–water partition coefficient (Wildman–Crippen LogP) is 2.14. The Kier molecular flexibility index (Phi) is 5.06. The molecule has 0 aromatic heterocycles. The molecule has 5 heteroatoms. The van der Waals surface area contributed by atoms with Gasteiger partial charge in [0.05, 0.1) is 6.10 Å². The van der Waals surface area contributed by atoms with Crippen molar-refractivity contribution >= 4 is 11.9 Å². The fraction of sp³-hybridized carbons (Fsp3) is 0.647. The van der Waals surface area contributed by atoms with Crippen LogP contribution in [0.1, 0.15) is 40.0 Å². The highest BCUT2D eigenvalue weighted by atomic mass is 16.6. The van der Waals surface area contributed by atoms with Gasteiger partial charge in [0.25, 0.3) is 0 Å². The van der Waals surface area contributed by atoms with Crippen LogP contribution in [0.5, 0.6) is 0 Å². The molecule has 2 aliphatic rings. The van der Waals surface area contributed by atoms with Gasteiger partial charge in [-0.25, -0.2) is 4.79 Å². The molecule has 5 atom stereocenters. The number of aliphatic hydroxyl groups is 1. The van der Waals surface area contributed by atoms with Crippen molar-refractivity contribution in [2.24, 2.45) is 11.8 Å². The summed E-state index contributed by atoms with van der Waals surface area (Å²) < 4.78 is 10.8. The average Bonchev–Trinajstić information content (AvgIpc) is 2.56. The minimum atomic E-state index is -0.586. The highest BCUT2D eigenvalue weighted by molar-refractivity contribution is 5.91. The van der Waals surface area contributed by atoms with Crippen molar-refractivity contribution in [3.63, 3.8) is 0 Å². The van der Waals surface area contributed by atoms with Crippen LogP contribution in [0.2, 0.25) is 0 Å². The van der Waals surface area contributed by atoms with Crippen molar-refractivity contribution in [2.75, 3.05) is 0 Å². The van der Waals surface area contributed by atoms with E-state index < -0.39 is 12.2 Å². The van der Waals surface area contributed by atoms with Gasteiger partial charge in [-0.1, -0.05) is 13.5 Å². The normalized spacial score (nSPS) is 30.7. The summed E-state index contributed by atoms with van der Waals surface area (Å²) in [5.41, 5.74) is 1.44. The third-order valence-corrected chi connectivity index (χ3v) is 4.42. The van der Waals surface area contributed by atoms with E-state index in [1.165, 1.54) is 6.92 Å². The van der Waals surface area contributed by atoms with Crippen LogP contribution in [0, 0.1) is 11.8 Å². The Hall–Kier alpha value is -1.62. The topological polar surface area (TPSA) is 72.8 Å². The van der Waals surface area contributed by atoms with Crippen LogP contribution < -0.4 is 0 Å². The fourth-order valence-electron chi connectivity index (χ4n) is 3.26. The van der Waals surface area contributed by atoms with Crippen molar-refractivity contribution in [3.05, 3.63) is 23.8 Å². The van der Waals surface area contributed by atoms with Crippen LogP contribution >= 0.6 is 0 Å². The third kappa shape index (κ3) is 3.58. The molecular weight excluding hydrogens is 284 g/mol. The number of rotatable bonds is 4. The van der Waals surface area contributed by atoms with Crippen LogP contribution in [0.3, 0.4) is 0 Å². The van der Waals surface area contributed by atoms with Crippen LogP contribution in [-0.2, 0) is 19.1 Å². The Bertz CT molecular complexity index is 505. The summed E-state index contributed by atoms with van der Waals surface area (Å²) in [6, 6.07) is 0. The largest absolute Gasteiger partial charge is 0.458 e. The number of fused-ring (bicyclic) bond motifs is 1. The summed E-state index contributed by atoms with van der Waals surface area (Å²) in [6.45, 7) is 8.91. The highest BCUT2D eigenvalue weighted by Gasteiger charge is 2.40. The second-order valence-electron chi connectivity index (χ2n) is 6.33. The first-order valence-corrected chi connectivity index (χ1v) is 7.76. The maximum Gasteiger partial charge on any atom is 0.334 e. The zero-order valence-corrected chi connectivity index (χ0v) is 13.4. The van der Waals surface area contributed by atoms with E-state index in [9.17, 15) is 14.7 Å². The Balaban J connectivity index is 2.29. The van der Waals surface area contributed by atoms with E-state index in [0.29, 0.717) is 12.0 Å². The molecule has 1 heterocycles. The lowest BCUT2D eigenvalue weighted by Crippen LogP contribution is -2.27. The molecule has 0 spiro atoms. The van der Waals surface area contributed by atoms with E-state index in [2.05, 4.69) is 13.5 Å². The molecule has 0 aromatic rings. The van der Waals surface area contributed by atoms with Crippen molar-refractivity contribution < 1.29 is 24.2 Å². The Morgan fingerprint density at radius 2 is 2.23 bits per heavy atom. The average molecular weight is 308 g/mol. The number of ether oxygens (including phenoxy) is 2. The summed E-state index contributed by atoms with van der Waals surface area (Å²) in [5, 5.41) is 9.68. The predicted molar refractivity (Wildman–Crippen MR) is 80.8 cm³/mol. The molecule has 0 aromatic carbocycles. The molecule has 0 bridgehead atoms. The van der Waals surface area contributed by atoms with Gasteiger partial charge in [0.2, 0.25) is 0 Å². The van der Waals surface area contributed by atoms with E-state index in [0.717, 1.165) is 18.4 Å². The second kappa shape index (κ2) is 6.65. The zero-order chi connectivity index (χ0) is 16.4. The Morgan fingerprint density at radius 1 is 1.55 bits per heavy atom. The molecule has 1 aliphatic heterocycles. The number of hydrogen-bond acceptors (Lipinski definition) is 5. The van der Waals surface area contributed by atoms with Crippen LogP contribution in [0.25, 0.3) is 0 Å². The van der Waals surface area contributed by atoms with E-state index in [4.69, 9.17) is 9.47 Å². The van der Waals surface area contributed by atoms with Crippen LogP contribution in [-0.4, -0.2) is 35.4 Å². The minimum Gasteiger partial charge on any atom is -0.458 e. The molecule has 2 rings (SSSR count). The molecule has 0 saturated carbocycles. The number of carbonyl (C=O) groups is 2. The maximum atomic E-state index is 11.7. The maximum absolute atomic E-state index is 11.7. The molecule has 1 aliphatic carbocycles. The second-order valence-corrected chi connectivity index (χ2v) is 6.33. The van der Waals surface area contributed by atoms with Gasteiger partial charge in [0, 0.05) is 24.8 Å². The highest BCUT2D eigenvalue weighted by Crippen LogP contribution is 2.39. The van der Waals surface area contributed by atoms with Crippen molar-refractivity contribution in [1.29, 1.82) is 0 Å². The van der Waals surface area contributed by atoms with Crippen molar-refractivity contribution in [1.82, 2.24) is 0 Å². The van der Waals surface area contributed by atoms with Gasteiger partial charge >= 0.3 is 11.9 Å². The number of carbonyl (C=O) groups excluding carboxylic acids is 2. The lowest BCUT2D eigenvalue weighted by atomic mass is 9.89. The van der Waals surface area contributed by atoms with Gasteiger partial charge in [0.15, 0.2) is 0 Å². The molecule has 1 fully saturated rings. The molecule has 0 amide bonds. The first-order valence-electron chi connectivity index (χ1n) is 7.76. The summed E-state index contributed by atoms with van der Waals surface area (Å²) >= 11 is 0. The molecule has 122 valence electrons. The summed E-state index contributed by atoms with van der Waals surface area (Å²) in [7, 11) is 0. The van der Waals surface area contributed by atoms with E-state index in [1.54, 1.807) is 6.92 Å². The summed E-state index contributed by atoms with van der Waals surface area (Å²) in [6.07, 6.45) is 2.50. The molecule has 5 nitrogen and oxygen atoms in total. The standard InChI is InChI=1S/C17H24O5/c1-9-5-6-13-11(3)17(20)22-16(13)8-14(9)15(7-10(2)18)21-12(4)19/h8-10,13,15-16,18H,3,5-7H2,1-2,4H3/t9-,10+,13-,15-,16-/m0/s1. The first kappa shape index (κ1) is 16.7. The van der Waals surface area contributed by atoms with Gasteiger partial charge < -0.3 is 14.6 Å². The van der Waals surface area contributed by atoms with Gasteiger partial charge in [-0.3, -0.25) is 4.79 Å². The first-order chi connectivity index (χ1) is 10.3.